The van der Waals surface area contributed by atoms with Gasteiger partial charge in [-0.2, -0.15) is 0 Å². The molecule has 0 amide bonds. The third-order valence-electron chi connectivity index (χ3n) is 1.70. The maximum atomic E-state index is 10.3. The molecule has 2 heteroatoms. The molecule has 0 bridgehead atoms. The second-order valence-electron chi connectivity index (χ2n) is 2.49. The van der Waals surface area contributed by atoms with Crippen molar-refractivity contribution in [3.63, 3.8) is 0 Å². The number of aromatic nitrogens is 1. The minimum absolute atomic E-state index is 0.355. The molecule has 0 aliphatic carbocycles. The van der Waals surface area contributed by atoms with Gasteiger partial charge in [-0.05, 0) is 12.1 Å². The zero-order valence-electron chi connectivity index (χ0n) is 6.32. The Hall–Kier alpha value is -1.70. The molecule has 1 heterocycles. The standard InChI is InChI=1S/C10H6NO/c12-7-9-6-5-8-3-1-2-4-10(8)11-9/h1-6H. The lowest BCUT2D eigenvalue weighted by molar-refractivity contribution is 0.561. The molecule has 2 aromatic rings. The van der Waals surface area contributed by atoms with Gasteiger partial charge >= 0.3 is 0 Å². The summed E-state index contributed by atoms with van der Waals surface area (Å²) in [5.41, 5.74) is 1.19. The van der Waals surface area contributed by atoms with Crippen LogP contribution < -0.4 is 0 Å². The number of fused-ring (bicyclic) bond motifs is 1. The fourth-order valence-corrected chi connectivity index (χ4v) is 1.12. The van der Waals surface area contributed by atoms with Crippen LogP contribution in [-0.2, 0) is 4.79 Å². The van der Waals surface area contributed by atoms with Crippen molar-refractivity contribution in [1.29, 1.82) is 0 Å². The van der Waals surface area contributed by atoms with Crippen LogP contribution in [-0.4, -0.2) is 11.3 Å². The fourth-order valence-electron chi connectivity index (χ4n) is 1.12. The SMILES string of the molecule is O=[C]c1ccc2ccccc2n1. The minimum Gasteiger partial charge on any atom is -0.283 e. The van der Waals surface area contributed by atoms with E-state index in [0.717, 1.165) is 10.9 Å². The fraction of sp³-hybridized carbons (Fsp3) is 0. The van der Waals surface area contributed by atoms with Crippen molar-refractivity contribution in [1.82, 2.24) is 4.98 Å². The first-order valence-electron chi connectivity index (χ1n) is 3.64. The van der Waals surface area contributed by atoms with E-state index in [4.69, 9.17) is 0 Å². The number of pyridine rings is 1. The van der Waals surface area contributed by atoms with Gasteiger partial charge in [0.25, 0.3) is 6.29 Å². The van der Waals surface area contributed by atoms with Crippen LogP contribution in [0, 0.1) is 0 Å². The first kappa shape index (κ1) is 6.98. The van der Waals surface area contributed by atoms with Crippen LogP contribution in [0.4, 0.5) is 0 Å². The predicted molar refractivity (Wildman–Crippen MR) is 46.5 cm³/mol. The Labute approximate surface area is 69.9 Å². The largest absolute Gasteiger partial charge is 0.283 e. The van der Waals surface area contributed by atoms with E-state index >= 15 is 0 Å². The van der Waals surface area contributed by atoms with Crippen molar-refractivity contribution in [2.75, 3.05) is 0 Å². The number of rotatable bonds is 1. The Morgan fingerprint density at radius 1 is 1.08 bits per heavy atom. The number of para-hydroxylation sites is 1. The quantitative estimate of drug-likeness (QED) is 0.628. The van der Waals surface area contributed by atoms with E-state index in [1.165, 1.54) is 0 Å². The van der Waals surface area contributed by atoms with Crippen LogP contribution in [0.5, 0.6) is 0 Å². The monoisotopic (exact) mass is 156 g/mol. The highest BCUT2D eigenvalue weighted by atomic mass is 16.1. The lowest BCUT2D eigenvalue weighted by atomic mass is 10.2. The van der Waals surface area contributed by atoms with Crippen LogP contribution in [0.2, 0.25) is 0 Å². The average molecular weight is 156 g/mol. The Kier molecular flexibility index (Phi) is 1.59. The van der Waals surface area contributed by atoms with Gasteiger partial charge in [-0.1, -0.05) is 24.3 Å². The Morgan fingerprint density at radius 2 is 1.92 bits per heavy atom. The van der Waals surface area contributed by atoms with Crippen molar-refractivity contribution in [3.05, 3.63) is 42.1 Å². The summed E-state index contributed by atoms with van der Waals surface area (Å²) in [6, 6.07) is 11.2. The van der Waals surface area contributed by atoms with Crippen LogP contribution in [0.3, 0.4) is 0 Å². The van der Waals surface area contributed by atoms with E-state index in [-0.39, 0.29) is 0 Å². The molecule has 0 unspecified atom stereocenters. The van der Waals surface area contributed by atoms with Gasteiger partial charge in [0.15, 0.2) is 0 Å². The smallest absolute Gasteiger partial charge is 0.253 e. The topological polar surface area (TPSA) is 30.0 Å². The molecule has 1 radical (unpaired) electrons. The van der Waals surface area contributed by atoms with E-state index in [1.807, 2.05) is 30.3 Å². The highest BCUT2D eigenvalue weighted by Gasteiger charge is 1.95. The molecule has 0 atom stereocenters. The van der Waals surface area contributed by atoms with Crippen LogP contribution in [0.25, 0.3) is 10.9 Å². The van der Waals surface area contributed by atoms with E-state index in [1.54, 1.807) is 12.4 Å². The number of carbonyl (C=O) groups excluding carboxylic acids is 1. The van der Waals surface area contributed by atoms with Crippen LogP contribution >= 0.6 is 0 Å². The van der Waals surface area contributed by atoms with Crippen LogP contribution in [0.15, 0.2) is 36.4 Å². The van der Waals surface area contributed by atoms with Gasteiger partial charge in [-0.15, -0.1) is 0 Å². The summed E-state index contributed by atoms with van der Waals surface area (Å²) in [7, 11) is 0. The normalized spacial score (nSPS) is 10.0. The summed E-state index contributed by atoms with van der Waals surface area (Å²) < 4.78 is 0. The maximum Gasteiger partial charge on any atom is 0.253 e. The average Bonchev–Trinajstić information content (AvgIpc) is 2.17. The van der Waals surface area contributed by atoms with Gasteiger partial charge in [0.05, 0.1) is 5.52 Å². The highest BCUT2D eigenvalue weighted by molar-refractivity contribution is 5.83. The van der Waals surface area contributed by atoms with Crippen molar-refractivity contribution in [3.8, 4) is 0 Å². The molecule has 1 aromatic heterocycles. The summed E-state index contributed by atoms with van der Waals surface area (Å²) in [6.07, 6.45) is 1.76. The molecular weight excluding hydrogens is 150 g/mol. The second-order valence-corrected chi connectivity index (χ2v) is 2.49. The Morgan fingerprint density at radius 3 is 2.75 bits per heavy atom. The molecule has 0 N–H and O–H groups in total. The molecule has 2 nitrogen and oxygen atoms in total. The lowest BCUT2D eigenvalue weighted by Gasteiger charge is -1.94. The Balaban J connectivity index is 2.75. The molecule has 0 aliphatic heterocycles. The molecule has 1 aromatic carbocycles. The molecule has 57 valence electrons. The summed E-state index contributed by atoms with van der Waals surface area (Å²) in [4.78, 5) is 14.3. The molecule has 2 rings (SSSR count). The van der Waals surface area contributed by atoms with Crippen molar-refractivity contribution >= 4 is 17.2 Å². The van der Waals surface area contributed by atoms with E-state index < -0.39 is 0 Å². The van der Waals surface area contributed by atoms with E-state index in [9.17, 15) is 4.79 Å². The lowest BCUT2D eigenvalue weighted by Crippen LogP contribution is -1.86. The zero-order valence-corrected chi connectivity index (χ0v) is 6.32. The first-order chi connectivity index (χ1) is 5.90. The van der Waals surface area contributed by atoms with Gasteiger partial charge in [0.1, 0.15) is 5.69 Å². The third kappa shape index (κ3) is 1.07. The Bertz CT molecular complexity index is 423. The molecule has 12 heavy (non-hydrogen) atoms. The van der Waals surface area contributed by atoms with Gasteiger partial charge < -0.3 is 0 Å². The first-order valence-corrected chi connectivity index (χ1v) is 3.64. The molecule has 0 aliphatic rings. The zero-order chi connectivity index (χ0) is 8.39. The molecule has 0 saturated heterocycles. The van der Waals surface area contributed by atoms with Crippen LogP contribution in [0.1, 0.15) is 5.69 Å². The second kappa shape index (κ2) is 2.74. The number of benzene rings is 1. The van der Waals surface area contributed by atoms with Crippen molar-refractivity contribution in [2.24, 2.45) is 0 Å². The van der Waals surface area contributed by atoms with Crippen molar-refractivity contribution in [2.45, 2.75) is 0 Å². The summed E-state index contributed by atoms with van der Waals surface area (Å²) >= 11 is 0. The summed E-state index contributed by atoms with van der Waals surface area (Å²) in [6.45, 7) is 0. The molecule has 0 spiro atoms. The van der Waals surface area contributed by atoms with E-state index in [2.05, 4.69) is 4.98 Å². The minimum atomic E-state index is 0.355. The summed E-state index contributed by atoms with van der Waals surface area (Å²) in [5.74, 6) is 0. The van der Waals surface area contributed by atoms with Gasteiger partial charge in [0.2, 0.25) is 0 Å². The number of nitrogens with zero attached hydrogens (tertiary/aromatic N) is 1. The van der Waals surface area contributed by atoms with Gasteiger partial charge in [-0.3, -0.25) is 4.79 Å². The maximum absolute atomic E-state index is 10.3. The van der Waals surface area contributed by atoms with Crippen molar-refractivity contribution < 1.29 is 4.79 Å². The van der Waals surface area contributed by atoms with Gasteiger partial charge in [0, 0.05) is 5.39 Å². The number of hydrogen-bond donors (Lipinski definition) is 0. The van der Waals surface area contributed by atoms with E-state index in [0.29, 0.717) is 5.69 Å². The molecule has 0 saturated carbocycles. The van der Waals surface area contributed by atoms with Gasteiger partial charge in [-0.25, -0.2) is 4.98 Å². The number of hydrogen-bond acceptors (Lipinski definition) is 2. The predicted octanol–water partition coefficient (Wildman–Crippen LogP) is 1.69. The molecular formula is C10H6NO. The summed E-state index contributed by atoms with van der Waals surface area (Å²) in [5, 5.41) is 1.04. The third-order valence-corrected chi connectivity index (χ3v) is 1.70. The molecule has 0 fully saturated rings. The highest BCUT2D eigenvalue weighted by Crippen LogP contribution is 2.10.